The van der Waals surface area contributed by atoms with Crippen LogP contribution in [0.1, 0.15) is 50.4 Å². The first-order valence-electron chi connectivity index (χ1n) is 8.38. The van der Waals surface area contributed by atoms with Gasteiger partial charge in [-0.15, -0.1) is 0 Å². The highest BCUT2D eigenvalue weighted by Gasteiger charge is 2.33. The van der Waals surface area contributed by atoms with E-state index in [2.05, 4.69) is 36.7 Å². The van der Waals surface area contributed by atoms with Gasteiger partial charge in [0.2, 0.25) is 5.89 Å². The molecule has 1 saturated heterocycles. The number of rotatable bonds is 4. The molecule has 2 heterocycles. The van der Waals surface area contributed by atoms with Crippen molar-refractivity contribution in [2.75, 3.05) is 13.7 Å². The average molecular weight is 330 g/mol. The Morgan fingerprint density at radius 2 is 2.17 bits per heavy atom. The molecule has 2 atom stereocenters. The summed E-state index contributed by atoms with van der Waals surface area (Å²) < 4.78 is 11.2. The maximum Gasteiger partial charge on any atom is 0.208 e. The lowest BCUT2D eigenvalue weighted by molar-refractivity contribution is 0.166. The van der Waals surface area contributed by atoms with E-state index in [1.54, 1.807) is 7.11 Å². The van der Waals surface area contributed by atoms with Gasteiger partial charge in [-0.1, -0.05) is 32.9 Å². The third kappa shape index (κ3) is 3.62. The van der Waals surface area contributed by atoms with Crippen molar-refractivity contribution < 1.29 is 14.3 Å². The van der Waals surface area contributed by atoms with E-state index in [0.717, 1.165) is 17.1 Å². The number of hydrogen-bond donors (Lipinski definition) is 1. The summed E-state index contributed by atoms with van der Waals surface area (Å²) in [5, 5.41) is 10.1. The average Bonchev–Trinajstić information content (AvgIpc) is 3.14. The highest BCUT2D eigenvalue weighted by Crippen LogP contribution is 2.35. The van der Waals surface area contributed by atoms with E-state index in [-0.39, 0.29) is 17.6 Å². The molecule has 0 radical (unpaired) electrons. The molecule has 1 aromatic carbocycles. The van der Waals surface area contributed by atoms with Crippen LogP contribution in [0.25, 0.3) is 0 Å². The van der Waals surface area contributed by atoms with Gasteiger partial charge in [0.15, 0.2) is 0 Å². The number of aliphatic hydroxyl groups is 1. The van der Waals surface area contributed by atoms with Crippen molar-refractivity contribution in [2.24, 2.45) is 0 Å². The molecule has 2 aromatic rings. The first kappa shape index (κ1) is 17.0. The molecule has 1 N–H and O–H groups in total. The molecule has 0 saturated carbocycles. The summed E-state index contributed by atoms with van der Waals surface area (Å²) >= 11 is 0. The lowest BCUT2D eigenvalue weighted by Crippen LogP contribution is -2.24. The monoisotopic (exact) mass is 330 g/mol. The molecule has 130 valence electrons. The van der Waals surface area contributed by atoms with Gasteiger partial charge in [-0.25, -0.2) is 4.98 Å². The van der Waals surface area contributed by atoms with Crippen molar-refractivity contribution in [3.05, 3.63) is 47.7 Å². The van der Waals surface area contributed by atoms with Crippen molar-refractivity contribution >= 4 is 0 Å². The molecule has 0 bridgehead atoms. The molecule has 24 heavy (non-hydrogen) atoms. The Kier molecular flexibility index (Phi) is 4.65. The summed E-state index contributed by atoms with van der Waals surface area (Å²) in [7, 11) is 1.67. The Morgan fingerprint density at radius 3 is 2.83 bits per heavy atom. The van der Waals surface area contributed by atoms with E-state index in [0.29, 0.717) is 25.4 Å². The molecule has 1 aliphatic rings. The van der Waals surface area contributed by atoms with Crippen LogP contribution in [0.3, 0.4) is 0 Å². The van der Waals surface area contributed by atoms with Gasteiger partial charge < -0.3 is 14.3 Å². The standard InChI is InChI=1S/C19H26N2O3/c1-19(2,3)17-10-20-18(24-17)12-21-11-14(22)9-16(21)13-6-5-7-15(8-13)23-4/h5-8,10,14,16,22H,9,11-12H2,1-4H3. The predicted molar refractivity (Wildman–Crippen MR) is 92.0 cm³/mol. The lowest BCUT2D eigenvalue weighted by atomic mass is 9.94. The second-order valence-corrected chi connectivity index (χ2v) is 7.48. The van der Waals surface area contributed by atoms with E-state index >= 15 is 0 Å². The molecule has 2 unspecified atom stereocenters. The SMILES string of the molecule is COc1cccc(C2CC(O)CN2Cc2ncc(C(C)(C)C)o2)c1. The quantitative estimate of drug-likeness (QED) is 0.932. The maximum atomic E-state index is 10.1. The van der Waals surface area contributed by atoms with E-state index in [1.807, 2.05) is 24.4 Å². The zero-order chi connectivity index (χ0) is 17.3. The Labute approximate surface area is 143 Å². The fraction of sp³-hybridized carbons (Fsp3) is 0.526. The number of methoxy groups -OCH3 is 1. The van der Waals surface area contributed by atoms with Crippen molar-refractivity contribution in [1.82, 2.24) is 9.88 Å². The minimum absolute atomic E-state index is 0.0536. The Bertz CT molecular complexity index is 690. The fourth-order valence-electron chi connectivity index (χ4n) is 3.15. The summed E-state index contributed by atoms with van der Waals surface area (Å²) in [4.78, 5) is 6.64. The van der Waals surface area contributed by atoms with Gasteiger partial charge in [-0.2, -0.15) is 0 Å². The van der Waals surface area contributed by atoms with E-state index < -0.39 is 0 Å². The lowest BCUT2D eigenvalue weighted by Gasteiger charge is -2.23. The molecular weight excluding hydrogens is 304 g/mol. The van der Waals surface area contributed by atoms with E-state index in [1.165, 1.54) is 0 Å². The van der Waals surface area contributed by atoms with Crippen LogP contribution in [-0.2, 0) is 12.0 Å². The molecule has 0 aliphatic carbocycles. The Balaban J connectivity index is 1.79. The van der Waals surface area contributed by atoms with Gasteiger partial charge in [0.05, 0.1) is 26.0 Å². The molecule has 0 spiro atoms. The van der Waals surface area contributed by atoms with Crippen LogP contribution >= 0.6 is 0 Å². The number of benzene rings is 1. The molecule has 1 fully saturated rings. The van der Waals surface area contributed by atoms with Gasteiger partial charge in [0.1, 0.15) is 11.5 Å². The molecule has 1 aliphatic heterocycles. The smallest absolute Gasteiger partial charge is 0.208 e. The third-order valence-corrected chi connectivity index (χ3v) is 4.49. The molecular formula is C19H26N2O3. The largest absolute Gasteiger partial charge is 0.497 e. The molecule has 1 aromatic heterocycles. The molecule has 5 nitrogen and oxygen atoms in total. The number of aliphatic hydroxyl groups excluding tert-OH is 1. The number of hydrogen-bond acceptors (Lipinski definition) is 5. The van der Waals surface area contributed by atoms with Gasteiger partial charge in [-0.3, -0.25) is 4.90 Å². The zero-order valence-electron chi connectivity index (χ0n) is 14.8. The number of nitrogens with zero attached hydrogens (tertiary/aromatic N) is 2. The summed E-state index contributed by atoms with van der Waals surface area (Å²) in [6.45, 7) is 7.53. The topological polar surface area (TPSA) is 58.7 Å². The van der Waals surface area contributed by atoms with Gasteiger partial charge in [0, 0.05) is 18.0 Å². The minimum Gasteiger partial charge on any atom is -0.497 e. The number of oxazole rings is 1. The third-order valence-electron chi connectivity index (χ3n) is 4.49. The Hall–Kier alpha value is -1.85. The summed E-state index contributed by atoms with van der Waals surface area (Å²) in [5.41, 5.74) is 1.09. The second-order valence-electron chi connectivity index (χ2n) is 7.48. The molecule has 3 rings (SSSR count). The number of β-amino-alcohol motifs (C(OH)–C–C–N with tert-alkyl or cyclic N) is 1. The highest BCUT2D eigenvalue weighted by molar-refractivity contribution is 5.31. The van der Waals surface area contributed by atoms with Gasteiger partial charge in [-0.05, 0) is 24.1 Å². The van der Waals surface area contributed by atoms with E-state index in [4.69, 9.17) is 9.15 Å². The van der Waals surface area contributed by atoms with Crippen molar-refractivity contribution in [3.8, 4) is 5.75 Å². The second kappa shape index (κ2) is 6.57. The van der Waals surface area contributed by atoms with Crippen LogP contribution in [0.2, 0.25) is 0 Å². The Morgan fingerprint density at radius 1 is 1.38 bits per heavy atom. The van der Waals surface area contributed by atoms with E-state index in [9.17, 15) is 5.11 Å². The first-order chi connectivity index (χ1) is 11.4. The van der Waals surface area contributed by atoms with Crippen LogP contribution in [0, 0.1) is 0 Å². The van der Waals surface area contributed by atoms with Gasteiger partial charge >= 0.3 is 0 Å². The zero-order valence-corrected chi connectivity index (χ0v) is 14.8. The predicted octanol–water partition coefficient (Wildman–Crippen LogP) is 3.29. The molecule has 0 amide bonds. The van der Waals surface area contributed by atoms with Crippen LogP contribution in [0.5, 0.6) is 5.75 Å². The first-order valence-corrected chi connectivity index (χ1v) is 8.38. The summed E-state index contributed by atoms with van der Waals surface area (Å²) in [6, 6.07) is 8.17. The minimum atomic E-state index is -0.335. The van der Waals surface area contributed by atoms with Gasteiger partial charge in [0.25, 0.3) is 0 Å². The van der Waals surface area contributed by atoms with Crippen LogP contribution in [0.15, 0.2) is 34.9 Å². The highest BCUT2D eigenvalue weighted by atomic mass is 16.5. The van der Waals surface area contributed by atoms with Crippen molar-refractivity contribution in [3.63, 3.8) is 0 Å². The number of likely N-dealkylation sites (tertiary alicyclic amines) is 1. The number of aromatic nitrogens is 1. The summed E-state index contributed by atoms with van der Waals surface area (Å²) in [5.74, 6) is 2.41. The van der Waals surface area contributed by atoms with Crippen LogP contribution < -0.4 is 4.74 Å². The number of ether oxygens (including phenoxy) is 1. The molecule has 5 heteroatoms. The summed E-state index contributed by atoms with van der Waals surface area (Å²) in [6.07, 6.45) is 2.18. The van der Waals surface area contributed by atoms with Crippen LogP contribution in [-0.4, -0.2) is 34.7 Å². The van der Waals surface area contributed by atoms with Crippen LogP contribution in [0.4, 0.5) is 0 Å². The normalized spacial score (nSPS) is 22.0. The van der Waals surface area contributed by atoms with Crippen molar-refractivity contribution in [1.29, 1.82) is 0 Å². The van der Waals surface area contributed by atoms with Crippen molar-refractivity contribution in [2.45, 2.75) is 51.3 Å². The fourth-order valence-corrected chi connectivity index (χ4v) is 3.15. The maximum absolute atomic E-state index is 10.1.